The number of alkyl halides is 1. The third-order valence-corrected chi connectivity index (χ3v) is 8.10. The third-order valence-electron chi connectivity index (χ3n) is 6.47. The van der Waals surface area contributed by atoms with Gasteiger partial charge in [0.15, 0.2) is 5.75 Å². The average molecular weight is 532 g/mol. The first kappa shape index (κ1) is 36.9. The first-order valence-electron chi connectivity index (χ1n) is 13.6. The highest BCUT2D eigenvalue weighted by molar-refractivity contribution is 8.00. The van der Waals surface area contributed by atoms with Crippen molar-refractivity contribution in [3.05, 3.63) is 31.4 Å². The first-order valence-corrected chi connectivity index (χ1v) is 14.8. The summed E-state index contributed by atoms with van der Waals surface area (Å²) in [5.41, 5.74) is 0.704. The van der Waals surface area contributed by atoms with Gasteiger partial charge in [-0.05, 0) is 55.7 Å². The van der Waals surface area contributed by atoms with Gasteiger partial charge >= 0.3 is 0 Å². The van der Waals surface area contributed by atoms with Gasteiger partial charge in [-0.15, -0.1) is 6.58 Å². The Morgan fingerprint density at radius 2 is 1.58 bits per heavy atom. The van der Waals surface area contributed by atoms with Gasteiger partial charge in [0.25, 0.3) is 0 Å². The van der Waals surface area contributed by atoms with Crippen LogP contribution in [0.4, 0.5) is 4.39 Å². The number of halogens is 1. The van der Waals surface area contributed by atoms with Gasteiger partial charge in [0.2, 0.25) is 0 Å². The van der Waals surface area contributed by atoms with Gasteiger partial charge in [0, 0.05) is 6.54 Å². The number of allylic oxidation sites excluding steroid dienone is 1. The fraction of sp³-hybridized carbons (Fsp3) is 0.786. The Hall–Kier alpha value is -1.22. The van der Waals surface area contributed by atoms with E-state index in [0.717, 1.165) is 25.3 Å². The average Bonchev–Trinajstić information content (AvgIpc) is 2.88. The maximum atomic E-state index is 12.3. The Kier molecular flexibility index (Phi) is 24.8. The highest BCUT2D eigenvalue weighted by atomic mass is 32.2. The minimum Gasteiger partial charge on any atom is -0.489 e. The number of aromatic nitrogens is 2. The van der Waals surface area contributed by atoms with Crippen LogP contribution in [0, 0.1) is 5.41 Å². The van der Waals surface area contributed by atoms with Crippen LogP contribution in [0.3, 0.4) is 0 Å². The normalized spacial score (nSPS) is 18.4. The van der Waals surface area contributed by atoms with Crippen LogP contribution in [-0.2, 0) is 0 Å². The zero-order chi connectivity index (χ0) is 24.9. The van der Waals surface area contributed by atoms with Crippen molar-refractivity contribution in [1.82, 2.24) is 14.9 Å². The second-order valence-electron chi connectivity index (χ2n) is 9.29. The molecule has 0 bridgehead atoms. The molecule has 4 rings (SSSR count). The lowest BCUT2D eigenvalue weighted by Gasteiger charge is -2.47. The zero-order valence-electron chi connectivity index (χ0n) is 23.2. The number of ether oxygens (including phenoxy) is 1. The molecular formula is C28H54FN3O3S. The summed E-state index contributed by atoms with van der Waals surface area (Å²) in [5, 5.41) is 0. The molecule has 6 nitrogen and oxygen atoms in total. The van der Waals surface area contributed by atoms with E-state index in [9.17, 15) is 4.39 Å². The van der Waals surface area contributed by atoms with Gasteiger partial charge in [0.05, 0.1) is 12.4 Å². The molecule has 1 aromatic rings. The Balaban J connectivity index is 0. The van der Waals surface area contributed by atoms with Gasteiger partial charge in [-0.2, -0.15) is 11.8 Å². The second kappa shape index (κ2) is 24.1. The maximum Gasteiger partial charge on any atom is 0.155 e. The summed E-state index contributed by atoms with van der Waals surface area (Å²) in [5.74, 6) is 3.54. The van der Waals surface area contributed by atoms with E-state index in [1.807, 2.05) is 20.8 Å². The number of nitrogens with zero attached hydrogens (tertiary/aromatic N) is 3. The largest absolute Gasteiger partial charge is 0.489 e. The van der Waals surface area contributed by atoms with Crippen molar-refractivity contribution in [2.45, 2.75) is 97.6 Å². The number of hydrogen-bond donors (Lipinski definition) is 0. The van der Waals surface area contributed by atoms with Crippen LogP contribution in [-0.4, -0.2) is 69.7 Å². The van der Waals surface area contributed by atoms with E-state index in [1.165, 1.54) is 82.3 Å². The molecular weight excluding hydrogens is 477 g/mol. The Labute approximate surface area is 224 Å². The SMILES string of the molecule is C1CCCCC1.C=CCC(F)CCC.CC.O.O.c1ncc(OCCN2CCC3(CC2)CSC3)cn1. The highest BCUT2D eigenvalue weighted by Crippen LogP contribution is 2.45. The molecule has 2 aliphatic heterocycles. The van der Waals surface area contributed by atoms with E-state index < -0.39 is 6.17 Å². The van der Waals surface area contributed by atoms with E-state index in [0.29, 0.717) is 18.3 Å². The summed E-state index contributed by atoms with van der Waals surface area (Å²) in [6.45, 7) is 13.6. The van der Waals surface area contributed by atoms with Crippen molar-refractivity contribution in [2.75, 3.05) is 37.7 Å². The van der Waals surface area contributed by atoms with Crippen LogP contribution in [0.15, 0.2) is 31.4 Å². The fourth-order valence-corrected chi connectivity index (χ4v) is 5.61. The van der Waals surface area contributed by atoms with Gasteiger partial charge in [0.1, 0.15) is 19.1 Å². The summed E-state index contributed by atoms with van der Waals surface area (Å²) in [4.78, 5) is 10.4. The van der Waals surface area contributed by atoms with Crippen LogP contribution in [0.2, 0.25) is 0 Å². The molecule has 1 aliphatic carbocycles. The topological polar surface area (TPSA) is 101 Å². The van der Waals surface area contributed by atoms with Crippen LogP contribution in [0.1, 0.15) is 91.4 Å². The first-order chi connectivity index (χ1) is 16.7. The number of likely N-dealkylation sites (tertiary alicyclic amines) is 1. The second-order valence-corrected chi connectivity index (χ2v) is 10.3. The molecule has 1 unspecified atom stereocenters. The summed E-state index contributed by atoms with van der Waals surface area (Å²) in [6.07, 6.45) is 19.8. The summed E-state index contributed by atoms with van der Waals surface area (Å²) < 4.78 is 18.0. The summed E-state index contributed by atoms with van der Waals surface area (Å²) in [7, 11) is 0. The molecule has 0 radical (unpaired) electrons. The lowest BCUT2D eigenvalue weighted by Crippen LogP contribution is -2.47. The predicted molar refractivity (Wildman–Crippen MR) is 154 cm³/mol. The Morgan fingerprint density at radius 3 is 2.00 bits per heavy atom. The number of thioether (sulfide) groups is 1. The smallest absolute Gasteiger partial charge is 0.155 e. The minimum absolute atomic E-state index is 0. The molecule has 1 atom stereocenters. The number of piperidine rings is 1. The third kappa shape index (κ3) is 16.5. The van der Waals surface area contributed by atoms with Crippen LogP contribution >= 0.6 is 11.8 Å². The van der Waals surface area contributed by atoms with E-state index in [4.69, 9.17) is 4.74 Å². The van der Waals surface area contributed by atoms with Gasteiger partial charge < -0.3 is 15.7 Å². The van der Waals surface area contributed by atoms with E-state index in [1.54, 1.807) is 18.5 Å². The molecule has 0 aromatic carbocycles. The monoisotopic (exact) mass is 531 g/mol. The quantitative estimate of drug-likeness (QED) is 0.377. The van der Waals surface area contributed by atoms with Gasteiger partial charge in [-0.25, -0.2) is 14.4 Å². The van der Waals surface area contributed by atoms with Crippen LogP contribution in [0.25, 0.3) is 0 Å². The Morgan fingerprint density at radius 1 is 1.06 bits per heavy atom. The molecule has 0 amide bonds. The molecule has 212 valence electrons. The van der Waals surface area contributed by atoms with Crippen LogP contribution in [0.5, 0.6) is 5.75 Å². The molecule has 4 N–H and O–H groups in total. The van der Waals surface area contributed by atoms with E-state index in [2.05, 4.69) is 33.2 Å². The standard InChI is InChI=1S/C13H19N3OS.C7H13F.C6H12.C2H6.2H2O/c1-3-16(4-2-13(1)9-18-10-13)5-6-17-12-7-14-11-15-8-12;1-3-5-7(8)6-4-2;1-2-4-6-5-3-1;1-2;;/h7-8,11H,1-6,9-10H2;3,7H,1,4-6H2,2H3;1-6H2;1-2H3;2*1H2. The van der Waals surface area contributed by atoms with Crippen LogP contribution < -0.4 is 4.74 Å². The molecule has 1 spiro atoms. The van der Waals surface area contributed by atoms with Gasteiger partial charge in [-0.3, -0.25) is 4.90 Å². The molecule has 8 heteroatoms. The molecule has 3 fully saturated rings. The van der Waals surface area contributed by atoms with E-state index in [-0.39, 0.29) is 11.0 Å². The molecule has 3 heterocycles. The predicted octanol–water partition coefficient (Wildman–Crippen LogP) is 6.10. The maximum absolute atomic E-state index is 12.3. The molecule has 2 saturated heterocycles. The molecule has 3 aliphatic rings. The number of hydrogen-bond acceptors (Lipinski definition) is 5. The van der Waals surface area contributed by atoms with Crippen molar-refractivity contribution in [2.24, 2.45) is 5.41 Å². The highest BCUT2D eigenvalue weighted by Gasteiger charge is 2.40. The summed E-state index contributed by atoms with van der Waals surface area (Å²) in [6, 6.07) is 0. The van der Waals surface area contributed by atoms with Crippen molar-refractivity contribution in [3.63, 3.8) is 0 Å². The molecule has 1 aromatic heterocycles. The minimum atomic E-state index is -0.655. The lowest BCUT2D eigenvalue weighted by molar-refractivity contribution is 0.115. The van der Waals surface area contributed by atoms with E-state index >= 15 is 0 Å². The fourth-order valence-electron chi connectivity index (χ4n) is 4.26. The van der Waals surface area contributed by atoms with Crippen molar-refractivity contribution in [1.29, 1.82) is 0 Å². The van der Waals surface area contributed by atoms with Crippen molar-refractivity contribution < 1.29 is 20.1 Å². The Bertz CT molecular complexity index is 583. The zero-order valence-corrected chi connectivity index (χ0v) is 24.0. The number of rotatable bonds is 8. The summed E-state index contributed by atoms with van der Waals surface area (Å²) >= 11 is 2.10. The van der Waals surface area contributed by atoms with Gasteiger partial charge in [-0.1, -0.05) is 71.8 Å². The van der Waals surface area contributed by atoms with Crippen molar-refractivity contribution >= 4 is 11.8 Å². The van der Waals surface area contributed by atoms with Crippen molar-refractivity contribution in [3.8, 4) is 5.75 Å². The molecule has 1 saturated carbocycles. The lowest BCUT2D eigenvalue weighted by atomic mass is 9.81. The molecule has 36 heavy (non-hydrogen) atoms.